The van der Waals surface area contributed by atoms with Gasteiger partial charge in [-0.1, -0.05) is 30.8 Å². The summed E-state index contributed by atoms with van der Waals surface area (Å²) in [4.78, 5) is 1.06. The number of benzene rings is 2. The van der Waals surface area contributed by atoms with E-state index in [9.17, 15) is 13.9 Å². The molecule has 100 valence electrons. The summed E-state index contributed by atoms with van der Waals surface area (Å²) in [6.45, 7) is 1.90. The number of halogens is 2. The Hall–Kier alpha value is -1.39. The van der Waals surface area contributed by atoms with Gasteiger partial charge >= 0.3 is 0 Å². The summed E-state index contributed by atoms with van der Waals surface area (Å²) in [5, 5.41) is 9.67. The first-order chi connectivity index (χ1) is 9.10. The first-order valence-corrected chi connectivity index (χ1v) is 6.82. The molecule has 4 heteroatoms. The maximum Gasteiger partial charge on any atom is 0.137 e. The fourth-order valence-electron chi connectivity index (χ4n) is 1.68. The SMILES string of the molecule is CCC(O)c1ccc(Sc2cc(F)ccc2F)cc1. The number of rotatable bonds is 4. The van der Waals surface area contributed by atoms with Crippen LogP contribution in [-0.2, 0) is 0 Å². The maximum atomic E-state index is 13.5. The molecule has 2 aromatic rings. The predicted octanol–water partition coefficient (Wildman–Crippen LogP) is 4.56. The van der Waals surface area contributed by atoms with Crippen LogP contribution in [0.25, 0.3) is 0 Å². The number of hydrogen-bond acceptors (Lipinski definition) is 2. The van der Waals surface area contributed by atoms with Crippen molar-refractivity contribution in [1.82, 2.24) is 0 Å². The summed E-state index contributed by atoms with van der Waals surface area (Å²) >= 11 is 1.16. The van der Waals surface area contributed by atoms with E-state index in [1.165, 1.54) is 6.07 Å². The average Bonchev–Trinajstić information content (AvgIpc) is 2.43. The van der Waals surface area contributed by atoms with Crippen LogP contribution < -0.4 is 0 Å². The molecule has 0 spiro atoms. The minimum Gasteiger partial charge on any atom is -0.388 e. The van der Waals surface area contributed by atoms with E-state index in [1.54, 1.807) is 24.3 Å². The second-order valence-electron chi connectivity index (χ2n) is 4.17. The lowest BCUT2D eigenvalue weighted by Crippen LogP contribution is -1.94. The molecule has 0 heterocycles. The molecule has 19 heavy (non-hydrogen) atoms. The van der Waals surface area contributed by atoms with E-state index in [4.69, 9.17) is 0 Å². The maximum absolute atomic E-state index is 13.5. The third kappa shape index (κ3) is 3.55. The molecular formula is C15H14F2OS. The van der Waals surface area contributed by atoms with Crippen molar-refractivity contribution in [2.45, 2.75) is 29.2 Å². The van der Waals surface area contributed by atoms with Crippen molar-refractivity contribution in [1.29, 1.82) is 0 Å². The van der Waals surface area contributed by atoms with Gasteiger partial charge in [0.1, 0.15) is 11.6 Å². The first kappa shape index (κ1) is 14.0. The highest BCUT2D eigenvalue weighted by Crippen LogP contribution is 2.31. The molecule has 0 aliphatic rings. The molecule has 0 aromatic heterocycles. The molecule has 1 nitrogen and oxygen atoms in total. The van der Waals surface area contributed by atoms with Crippen molar-refractivity contribution in [3.8, 4) is 0 Å². The molecule has 1 unspecified atom stereocenters. The number of aliphatic hydroxyl groups excluding tert-OH is 1. The van der Waals surface area contributed by atoms with Gasteiger partial charge in [-0.15, -0.1) is 0 Å². The number of aliphatic hydroxyl groups is 1. The molecule has 1 atom stereocenters. The van der Waals surface area contributed by atoms with Gasteiger partial charge in [0, 0.05) is 4.90 Å². The lowest BCUT2D eigenvalue weighted by Gasteiger charge is -2.09. The Morgan fingerprint density at radius 2 is 1.79 bits per heavy atom. The summed E-state index contributed by atoms with van der Waals surface area (Å²) in [7, 11) is 0. The summed E-state index contributed by atoms with van der Waals surface area (Å²) in [6, 6.07) is 10.6. The third-order valence-electron chi connectivity index (χ3n) is 2.77. The predicted molar refractivity (Wildman–Crippen MR) is 72.2 cm³/mol. The van der Waals surface area contributed by atoms with Crippen LogP contribution in [0.2, 0.25) is 0 Å². The second-order valence-corrected chi connectivity index (χ2v) is 5.29. The minimum absolute atomic E-state index is 0.254. The highest BCUT2D eigenvalue weighted by molar-refractivity contribution is 7.99. The third-order valence-corrected chi connectivity index (χ3v) is 3.81. The van der Waals surface area contributed by atoms with E-state index in [1.807, 2.05) is 6.92 Å². The van der Waals surface area contributed by atoms with Crippen LogP contribution in [0.4, 0.5) is 8.78 Å². The Bertz CT molecular complexity index is 555. The highest BCUT2D eigenvalue weighted by Gasteiger charge is 2.08. The van der Waals surface area contributed by atoms with Crippen LogP contribution in [0.1, 0.15) is 25.0 Å². The summed E-state index contributed by atoms with van der Waals surface area (Å²) in [5.41, 5.74) is 0.826. The largest absolute Gasteiger partial charge is 0.388 e. The van der Waals surface area contributed by atoms with Crippen molar-refractivity contribution in [2.75, 3.05) is 0 Å². The Kier molecular flexibility index (Phi) is 4.56. The topological polar surface area (TPSA) is 20.2 Å². The van der Waals surface area contributed by atoms with Gasteiger partial charge < -0.3 is 5.11 Å². The highest BCUT2D eigenvalue weighted by atomic mass is 32.2. The Balaban J connectivity index is 2.17. The van der Waals surface area contributed by atoms with Crippen molar-refractivity contribution >= 4 is 11.8 Å². The van der Waals surface area contributed by atoms with Crippen molar-refractivity contribution in [3.63, 3.8) is 0 Å². The van der Waals surface area contributed by atoms with Crippen LogP contribution in [0.3, 0.4) is 0 Å². The van der Waals surface area contributed by atoms with Crippen LogP contribution in [0.15, 0.2) is 52.3 Å². The molecule has 0 aliphatic heterocycles. The zero-order chi connectivity index (χ0) is 13.8. The molecule has 0 aliphatic carbocycles. The average molecular weight is 280 g/mol. The minimum atomic E-state index is -0.482. The Morgan fingerprint density at radius 3 is 2.42 bits per heavy atom. The van der Waals surface area contributed by atoms with Crippen LogP contribution in [0, 0.1) is 11.6 Å². The van der Waals surface area contributed by atoms with E-state index < -0.39 is 17.7 Å². The van der Waals surface area contributed by atoms with Gasteiger partial charge in [0.15, 0.2) is 0 Å². The van der Waals surface area contributed by atoms with E-state index >= 15 is 0 Å². The van der Waals surface area contributed by atoms with E-state index in [0.717, 1.165) is 34.4 Å². The molecular weight excluding hydrogens is 266 g/mol. The monoisotopic (exact) mass is 280 g/mol. The van der Waals surface area contributed by atoms with Crippen molar-refractivity contribution < 1.29 is 13.9 Å². The van der Waals surface area contributed by atoms with E-state index in [2.05, 4.69) is 0 Å². The smallest absolute Gasteiger partial charge is 0.137 e. The van der Waals surface area contributed by atoms with Gasteiger partial charge in [-0.05, 0) is 42.3 Å². The molecule has 0 bridgehead atoms. The quantitative estimate of drug-likeness (QED) is 0.886. The molecule has 2 aromatic carbocycles. The molecule has 0 amide bonds. The molecule has 0 saturated carbocycles. The summed E-state index contributed by atoms with van der Waals surface area (Å²) < 4.78 is 26.5. The lowest BCUT2D eigenvalue weighted by molar-refractivity contribution is 0.173. The van der Waals surface area contributed by atoms with Crippen LogP contribution in [-0.4, -0.2) is 5.11 Å². The van der Waals surface area contributed by atoms with Gasteiger partial charge in [-0.3, -0.25) is 0 Å². The van der Waals surface area contributed by atoms with E-state index in [-0.39, 0.29) is 4.90 Å². The fourth-order valence-corrected chi connectivity index (χ4v) is 2.54. The second kappa shape index (κ2) is 6.17. The molecule has 2 rings (SSSR count). The lowest BCUT2D eigenvalue weighted by atomic mass is 10.1. The number of hydrogen-bond donors (Lipinski definition) is 1. The van der Waals surface area contributed by atoms with Crippen molar-refractivity contribution in [2.24, 2.45) is 0 Å². The van der Waals surface area contributed by atoms with Gasteiger partial charge in [0.2, 0.25) is 0 Å². The van der Waals surface area contributed by atoms with Gasteiger partial charge in [-0.25, -0.2) is 8.78 Å². The first-order valence-electron chi connectivity index (χ1n) is 6.01. The summed E-state index contributed by atoms with van der Waals surface area (Å²) in [5.74, 6) is -0.897. The normalized spacial score (nSPS) is 12.4. The zero-order valence-electron chi connectivity index (χ0n) is 10.4. The van der Waals surface area contributed by atoms with Crippen LogP contribution in [0.5, 0.6) is 0 Å². The van der Waals surface area contributed by atoms with Gasteiger partial charge in [0.25, 0.3) is 0 Å². The Labute approximate surface area is 115 Å². The molecule has 0 saturated heterocycles. The van der Waals surface area contributed by atoms with Crippen LogP contribution >= 0.6 is 11.8 Å². The van der Waals surface area contributed by atoms with E-state index in [0.29, 0.717) is 6.42 Å². The molecule has 0 radical (unpaired) electrons. The fraction of sp³-hybridized carbons (Fsp3) is 0.200. The van der Waals surface area contributed by atoms with Crippen molar-refractivity contribution in [3.05, 3.63) is 59.7 Å². The standard InChI is InChI=1S/C15H14F2OS/c1-2-14(18)10-3-6-12(7-4-10)19-15-9-11(16)5-8-13(15)17/h3-9,14,18H,2H2,1H3. The molecule has 1 N–H and O–H groups in total. The summed E-state index contributed by atoms with van der Waals surface area (Å²) in [6.07, 6.45) is 0.162. The molecule has 0 fully saturated rings. The van der Waals surface area contributed by atoms with Gasteiger partial charge in [-0.2, -0.15) is 0 Å². The van der Waals surface area contributed by atoms with Gasteiger partial charge in [0.05, 0.1) is 11.0 Å². The zero-order valence-corrected chi connectivity index (χ0v) is 11.3. The Morgan fingerprint density at radius 1 is 1.11 bits per heavy atom.